The number of benzene rings is 2. The molecule has 1 fully saturated rings. The van der Waals surface area contributed by atoms with E-state index in [4.69, 9.17) is 4.74 Å². The summed E-state index contributed by atoms with van der Waals surface area (Å²) in [5.41, 5.74) is 1.05. The van der Waals surface area contributed by atoms with Gasteiger partial charge in [-0.2, -0.15) is 0 Å². The monoisotopic (exact) mass is 398 g/mol. The number of rotatable bonds is 6. The predicted octanol–water partition coefficient (Wildman–Crippen LogP) is 1.68. The van der Waals surface area contributed by atoms with Crippen LogP contribution < -0.4 is 15.0 Å². The van der Waals surface area contributed by atoms with Gasteiger partial charge in [0.2, 0.25) is 5.91 Å². The Hall–Kier alpha value is -3.62. The lowest BCUT2D eigenvalue weighted by Crippen LogP contribution is -2.51. The zero-order valence-electron chi connectivity index (χ0n) is 16.0. The average molecular weight is 398 g/mol. The number of ether oxygens (including phenoxy) is 1. The summed E-state index contributed by atoms with van der Waals surface area (Å²) in [5, 5.41) is 13.3. The molecule has 1 saturated heterocycles. The van der Waals surface area contributed by atoms with Crippen molar-refractivity contribution in [2.75, 3.05) is 44.7 Å². The maximum absolute atomic E-state index is 12.4. The lowest BCUT2D eigenvalue weighted by atomic mass is 10.2. The van der Waals surface area contributed by atoms with Crippen LogP contribution in [0, 0.1) is 10.1 Å². The maximum atomic E-state index is 12.4. The molecule has 2 aromatic rings. The fraction of sp³-hybridized carbons (Fsp3) is 0.300. The van der Waals surface area contributed by atoms with Crippen LogP contribution in [0.5, 0.6) is 5.75 Å². The first-order valence-corrected chi connectivity index (χ1v) is 9.17. The van der Waals surface area contributed by atoms with Gasteiger partial charge in [0.15, 0.2) is 0 Å². The third-order valence-electron chi connectivity index (χ3n) is 4.79. The standard InChI is InChI=1S/C20H22N4O5/c1-29-18-7-5-16(6-8-18)22-9-11-23(12-10-22)19(25)14-21-20(26)15-3-2-4-17(13-15)24(27)28/h2-8,13H,9-12,14H2,1H3,(H,21,26). The van der Waals surface area contributed by atoms with Crippen LogP contribution >= 0.6 is 0 Å². The number of nitrogens with one attached hydrogen (secondary N) is 1. The van der Waals surface area contributed by atoms with E-state index in [1.807, 2.05) is 24.3 Å². The Balaban J connectivity index is 1.48. The van der Waals surface area contributed by atoms with Crippen LogP contribution in [0.25, 0.3) is 0 Å². The average Bonchev–Trinajstić information content (AvgIpc) is 2.77. The molecule has 0 atom stereocenters. The molecule has 0 bridgehead atoms. The first-order valence-electron chi connectivity index (χ1n) is 9.17. The van der Waals surface area contributed by atoms with E-state index in [1.54, 1.807) is 12.0 Å². The van der Waals surface area contributed by atoms with Gasteiger partial charge in [-0.3, -0.25) is 19.7 Å². The first kappa shape index (κ1) is 20.1. The summed E-state index contributed by atoms with van der Waals surface area (Å²) in [4.78, 5) is 38.7. The molecule has 1 aliphatic heterocycles. The fourth-order valence-corrected chi connectivity index (χ4v) is 3.14. The second-order valence-electron chi connectivity index (χ2n) is 6.56. The molecule has 0 radical (unpaired) electrons. The smallest absolute Gasteiger partial charge is 0.270 e. The van der Waals surface area contributed by atoms with Crippen molar-refractivity contribution < 1.29 is 19.2 Å². The molecule has 152 valence electrons. The second-order valence-corrected chi connectivity index (χ2v) is 6.56. The molecule has 1 heterocycles. The van der Waals surface area contributed by atoms with E-state index in [-0.39, 0.29) is 23.7 Å². The van der Waals surface area contributed by atoms with Crippen molar-refractivity contribution in [2.24, 2.45) is 0 Å². The summed E-state index contributed by atoms with van der Waals surface area (Å²) >= 11 is 0. The van der Waals surface area contributed by atoms with Gasteiger partial charge in [0.25, 0.3) is 11.6 Å². The third kappa shape index (κ3) is 5.01. The molecule has 9 heteroatoms. The molecule has 1 aliphatic rings. The Labute approximate surface area is 168 Å². The Morgan fingerprint density at radius 3 is 2.41 bits per heavy atom. The normalized spacial score (nSPS) is 13.7. The van der Waals surface area contributed by atoms with Crippen LogP contribution in [0.2, 0.25) is 0 Å². The predicted molar refractivity (Wildman–Crippen MR) is 107 cm³/mol. The van der Waals surface area contributed by atoms with Crippen molar-refractivity contribution in [1.29, 1.82) is 0 Å². The minimum Gasteiger partial charge on any atom is -0.497 e. The Morgan fingerprint density at radius 2 is 1.79 bits per heavy atom. The Morgan fingerprint density at radius 1 is 1.10 bits per heavy atom. The molecule has 0 spiro atoms. The van der Waals surface area contributed by atoms with E-state index in [2.05, 4.69) is 10.2 Å². The van der Waals surface area contributed by atoms with E-state index < -0.39 is 10.8 Å². The number of piperazine rings is 1. The first-order chi connectivity index (χ1) is 14.0. The molecule has 29 heavy (non-hydrogen) atoms. The van der Waals surface area contributed by atoms with Crippen molar-refractivity contribution in [1.82, 2.24) is 10.2 Å². The number of anilines is 1. The molecule has 0 unspecified atom stereocenters. The van der Waals surface area contributed by atoms with Gasteiger partial charge in [0, 0.05) is 49.6 Å². The minimum atomic E-state index is -0.565. The third-order valence-corrected chi connectivity index (χ3v) is 4.79. The number of non-ortho nitro benzene ring substituents is 1. The molecular weight excluding hydrogens is 376 g/mol. The zero-order chi connectivity index (χ0) is 20.8. The quantitative estimate of drug-likeness (QED) is 0.586. The highest BCUT2D eigenvalue weighted by Gasteiger charge is 2.22. The van der Waals surface area contributed by atoms with Gasteiger partial charge in [-0.05, 0) is 30.3 Å². The van der Waals surface area contributed by atoms with Crippen LogP contribution in [0.4, 0.5) is 11.4 Å². The molecule has 3 rings (SSSR count). The topological polar surface area (TPSA) is 105 Å². The van der Waals surface area contributed by atoms with Gasteiger partial charge in [-0.15, -0.1) is 0 Å². The van der Waals surface area contributed by atoms with Crippen molar-refractivity contribution >= 4 is 23.2 Å². The molecular formula is C20H22N4O5. The highest BCUT2D eigenvalue weighted by atomic mass is 16.6. The minimum absolute atomic E-state index is 0.149. The van der Waals surface area contributed by atoms with Crippen molar-refractivity contribution in [3.8, 4) is 5.75 Å². The number of amides is 2. The van der Waals surface area contributed by atoms with E-state index in [1.165, 1.54) is 24.3 Å². The SMILES string of the molecule is COc1ccc(N2CCN(C(=O)CNC(=O)c3cccc([N+](=O)[O-])c3)CC2)cc1. The fourth-order valence-electron chi connectivity index (χ4n) is 3.14. The van der Waals surface area contributed by atoms with Gasteiger partial charge in [-0.25, -0.2) is 0 Å². The summed E-state index contributed by atoms with van der Waals surface area (Å²) in [7, 11) is 1.62. The number of carbonyl (C=O) groups is 2. The summed E-state index contributed by atoms with van der Waals surface area (Å²) in [6, 6.07) is 13.2. The Bertz CT molecular complexity index is 892. The molecule has 1 N–H and O–H groups in total. The number of nitrogens with zero attached hydrogens (tertiary/aromatic N) is 3. The van der Waals surface area contributed by atoms with Crippen LogP contribution in [0.15, 0.2) is 48.5 Å². The van der Waals surface area contributed by atoms with E-state index in [0.29, 0.717) is 26.2 Å². The van der Waals surface area contributed by atoms with Crippen LogP contribution in [-0.4, -0.2) is 61.5 Å². The largest absolute Gasteiger partial charge is 0.497 e. The van der Waals surface area contributed by atoms with E-state index in [0.717, 1.165) is 11.4 Å². The molecule has 0 aliphatic carbocycles. The number of nitro groups is 1. The van der Waals surface area contributed by atoms with E-state index >= 15 is 0 Å². The number of hydrogen-bond donors (Lipinski definition) is 1. The molecule has 9 nitrogen and oxygen atoms in total. The molecule has 2 amide bonds. The summed E-state index contributed by atoms with van der Waals surface area (Å²) in [5.74, 6) is 0.0964. The van der Waals surface area contributed by atoms with Gasteiger partial charge >= 0.3 is 0 Å². The maximum Gasteiger partial charge on any atom is 0.270 e. The van der Waals surface area contributed by atoms with Crippen molar-refractivity contribution in [3.05, 3.63) is 64.2 Å². The molecule has 2 aromatic carbocycles. The van der Waals surface area contributed by atoms with E-state index in [9.17, 15) is 19.7 Å². The van der Waals surface area contributed by atoms with Gasteiger partial charge in [0.05, 0.1) is 18.6 Å². The lowest BCUT2D eigenvalue weighted by molar-refractivity contribution is -0.384. The van der Waals surface area contributed by atoms with Crippen LogP contribution in [0.1, 0.15) is 10.4 Å². The zero-order valence-corrected chi connectivity index (χ0v) is 16.0. The van der Waals surface area contributed by atoms with Gasteiger partial charge < -0.3 is 19.9 Å². The molecule has 0 saturated carbocycles. The van der Waals surface area contributed by atoms with Gasteiger partial charge in [0.1, 0.15) is 5.75 Å². The summed E-state index contributed by atoms with van der Waals surface area (Å²) < 4.78 is 5.16. The molecule has 0 aromatic heterocycles. The van der Waals surface area contributed by atoms with Crippen molar-refractivity contribution in [3.63, 3.8) is 0 Å². The number of carbonyl (C=O) groups excluding carboxylic acids is 2. The lowest BCUT2D eigenvalue weighted by Gasteiger charge is -2.36. The number of hydrogen-bond acceptors (Lipinski definition) is 6. The highest BCUT2D eigenvalue weighted by Crippen LogP contribution is 2.20. The number of methoxy groups -OCH3 is 1. The van der Waals surface area contributed by atoms with Crippen LogP contribution in [0.3, 0.4) is 0 Å². The second kappa shape index (κ2) is 9.05. The van der Waals surface area contributed by atoms with Crippen molar-refractivity contribution in [2.45, 2.75) is 0 Å². The van der Waals surface area contributed by atoms with Gasteiger partial charge in [-0.1, -0.05) is 6.07 Å². The number of nitro benzene ring substituents is 1. The van der Waals surface area contributed by atoms with Crippen LogP contribution in [-0.2, 0) is 4.79 Å². The summed E-state index contributed by atoms with van der Waals surface area (Å²) in [6.45, 7) is 2.34. The Kier molecular flexibility index (Phi) is 6.28. The highest BCUT2D eigenvalue weighted by molar-refractivity contribution is 5.97. The summed E-state index contributed by atoms with van der Waals surface area (Å²) in [6.07, 6.45) is 0.